The third-order valence-corrected chi connectivity index (χ3v) is 4.35. The van der Waals surface area contributed by atoms with Gasteiger partial charge in [-0.05, 0) is 37.7 Å². The highest BCUT2D eigenvalue weighted by atomic mass is 35.5. The second-order valence-electron chi connectivity index (χ2n) is 5.54. The maximum Gasteiger partial charge on any atom is 0.133 e. The van der Waals surface area contributed by atoms with Gasteiger partial charge in [0, 0.05) is 23.2 Å². The Bertz CT molecular complexity index is 586. The van der Waals surface area contributed by atoms with Crippen LogP contribution >= 0.6 is 11.6 Å². The largest absolute Gasteiger partial charge is 0.365 e. The molecule has 1 N–H and O–H groups in total. The minimum absolute atomic E-state index is 0.190. The molecule has 0 saturated heterocycles. The van der Waals surface area contributed by atoms with Gasteiger partial charge < -0.3 is 5.32 Å². The highest BCUT2D eigenvalue weighted by Crippen LogP contribution is 2.25. The minimum atomic E-state index is 0.190. The summed E-state index contributed by atoms with van der Waals surface area (Å²) in [6.07, 6.45) is 7.16. The van der Waals surface area contributed by atoms with Gasteiger partial charge in [-0.15, -0.1) is 11.6 Å². The molecule has 0 bridgehead atoms. The maximum atomic E-state index is 6.14. The number of aryl methyl sites for hydroxylation is 1. The van der Waals surface area contributed by atoms with Crippen molar-refractivity contribution in [1.82, 2.24) is 9.97 Å². The third-order valence-electron chi connectivity index (χ3n) is 3.98. The molecule has 1 aliphatic carbocycles. The molecular formula is C17H20ClN3. The zero-order valence-corrected chi connectivity index (χ0v) is 12.8. The number of rotatable bonds is 5. The van der Waals surface area contributed by atoms with Crippen molar-refractivity contribution in [1.29, 1.82) is 0 Å². The second-order valence-corrected chi connectivity index (χ2v) is 5.85. The monoisotopic (exact) mass is 301 g/mol. The van der Waals surface area contributed by atoms with Crippen LogP contribution in [-0.2, 0) is 19.3 Å². The van der Waals surface area contributed by atoms with Crippen LogP contribution in [0.1, 0.15) is 29.7 Å². The molecule has 3 nitrogen and oxygen atoms in total. The summed E-state index contributed by atoms with van der Waals surface area (Å²) in [7, 11) is 0. The smallest absolute Gasteiger partial charge is 0.133 e. The molecule has 1 aromatic carbocycles. The molecule has 21 heavy (non-hydrogen) atoms. The Morgan fingerprint density at radius 3 is 2.71 bits per heavy atom. The quantitative estimate of drug-likeness (QED) is 0.857. The number of hydrogen-bond donors (Lipinski definition) is 1. The van der Waals surface area contributed by atoms with E-state index in [-0.39, 0.29) is 6.04 Å². The Labute approximate surface area is 130 Å². The third kappa shape index (κ3) is 3.53. The van der Waals surface area contributed by atoms with E-state index < -0.39 is 0 Å². The number of hydrogen-bond acceptors (Lipinski definition) is 3. The van der Waals surface area contributed by atoms with Crippen LogP contribution in [0.4, 0.5) is 5.82 Å². The molecule has 0 saturated carbocycles. The molecule has 0 amide bonds. The van der Waals surface area contributed by atoms with Crippen LogP contribution in [0.15, 0.2) is 36.7 Å². The maximum absolute atomic E-state index is 6.14. The van der Waals surface area contributed by atoms with Gasteiger partial charge in [0.1, 0.15) is 12.1 Å². The minimum Gasteiger partial charge on any atom is -0.365 e. The van der Waals surface area contributed by atoms with Crippen LogP contribution in [0.3, 0.4) is 0 Å². The van der Waals surface area contributed by atoms with Crippen molar-refractivity contribution in [2.45, 2.75) is 38.1 Å². The molecule has 1 aromatic heterocycles. The molecule has 0 spiro atoms. The number of nitrogens with zero attached hydrogens (tertiary/aromatic N) is 2. The van der Waals surface area contributed by atoms with E-state index in [1.54, 1.807) is 6.33 Å². The molecule has 0 radical (unpaired) electrons. The topological polar surface area (TPSA) is 37.8 Å². The Hall–Kier alpha value is -1.61. The lowest BCUT2D eigenvalue weighted by Crippen LogP contribution is -2.26. The first-order chi connectivity index (χ1) is 10.4. The summed E-state index contributed by atoms with van der Waals surface area (Å²) < 4.78 is 0. The molecule has 0 aliphatic heterocycles. The fraction of sp³-hybridized carbons (Fsp3) is 0.412. The molecule has 0 fully saturated rings. The van der Waals surface area contributed by atoms with E-state index in [0.717, 1.165) is 25.1 Å². The molecule has 1 heterocycles. The van der Waals surface area contributed by atoms with Gasteiger partial charge in [0.25, 0.3) is 0 Å². The number of benzene rings is 1. The number of halogens is 1. The Kier molecular flexibility index (Phi) is 4.71. The molecule has 110 valence electrons. The van der Waals surface area contributed by atoms with Gasteiger partial charge in [-0.1, -0.05) is 30.3 Å². The number of fused-ring (bicyclic) bond motifs is 1. The standard InChI is InChI=1S/C17H20ClN3/c18-11-14(10-13-6-2-1-3-7-13)21-17-15-8-4-5-9-16(15)19-12-20-17/h1-3,6-7,12,14H,4-5,8-11H2,(H,19,20,21). The Morgan fingerprint density at radius 1 is 1.10 bits per heavy atom. The highest BCUT2D eigenvalue weighted by molar-refractivity contribution is 6.18. The van der Waals surface area contributed by atoms with E-state index in [0.29, 0.717) is 5.88 Å². The number of anilines is 1. The van der Waals surface area contributed by atoms with Crippen LogP contribution in [0, 0.1) is 0 Å². The predicted octanol–water partition coefficient (Wildman–Crippen LogP) is 3.62. The number of aromatic nitrogens is 2. The van der Waals surface area contributed by atoms with Crippen molar-refractivity contribution in [2.24, 2.45) is 0 Å². The second kappa shape index (κ2) is 6.90. The van der Waals surface area contributed by atoms with Gasteiger partial charge in [0.2, 0.25) is 0 Å². The summed E-state index contributed by atoms with van der Waals surface area (Å²) in [6.45, 7) is 0. The first kappa shape index (κ1) is 14.3. The lowest BCUT2D eigenvalue weighted by Gasteiger charge is -2.22. The lowest BCUT2D eigenvalue weighted by atomic mass is 9.96. The van der Waals surface area contributed by atoms with Crippen LogP contribution in [0.5, 0.6) is 0 Å². The summed E-state index contributed by atoms with van der Waals surface area (Å²) in [6, 6.07) is 10.6. The summed E-state index contributed by atoms with van der Waals surface area (Å²) in [5.74, 6) is 1.54. The van der Waals surface area contributed by atoms with E-state index in [1.165, 1.54) is 29.7 Å². The van der Waals surface area contributed by atoms with E-state index in [4.69, 9.17) is 11.6 Å². The van der Waals surface area contributed by atoms with Crippen molar-refractivity contribution in [3.8, 4) is 0 Å². The van der Waals surface area contributed by atoms with Gasteiger partial charge >= 0.3 is 0 Å². The van der Waals surface area contributed by atoms with Crippen molar-refractivity contribution in [3.05, 3.63) is 53.5 Å². The van der Waals surface area contributed by atoms with E-state index in [1.807, 2.05) is 6.07 Å². The molecule has 3 rings (SSSR count). The summed E-state index contributed by atoms with van der Waals surface area (Å²) in [5, 5.41) is 3.52. The first-order valence-corrected chi connectivity index (χ1v) is 8.09. The van der Waals surface area contributed by atoms with Gasteiger partial charge in [-0.25, -0.2) is 9.97 Å². The predicted molar refractivity (Wildman–Crippen MR) is 87.0 cm³/mol. The zero-order chi connectivity index (χ0) is 14.5. The van der Waals surface area contributed by atoms with Crippen molar-refractivity contribution < 1.29 is 0 Å². The van der Waals surface area contributed by atoms with Gasteiger partial charge in [-0.3, -0.25) is 0 Å². The molecule has 1 unspecified atom stereocenters. The van der Waals surface area contributed by atoms with Gasteiger partial charge in [0.05, 0.1) is 0 Å². The fourth-order valence-electron chi connectivity index (χ4n) is 2.88. The van der Waals surface area contributed by atoms with Crippen LogP contribution in [-0.4, -0.2) is 21.9 Å². The molecule has 4 heteroatoms. The molecule has 2 aromatic rings. The number of alkyl halides is 1. The molecule has 1 aliphatic rings. The summed E-state index contributed by atoms with van der Waals surface area (Å²) >= 11 is 6.14. The van der Waals surface area contributed by atoms with E-state index >= 15 is 0 Å². The van der Waals surface area contributed by atoms with Crippen molar-refractivity contribution >= 4 is 17.4 Å². The van der Waals surface area contributed by atoms with Crippen LogP contribution < -0.4 is 5.32 Å². The fourth-order valence-corrected chi connectivity index (χ4v) is 3.07. The summed E-state index contributed by atoms with van der Waals surface area (Å²) in [4.78, 5) is 8.85. The zero-order valence-electron chi connectivity index (χ0n) is 12.1. The molecule has 1 atom stereocenters. The Balaban J connectivity index is 1.75. The average molecular weight is 302 g/mol. The Morgan fingerprint density at radius 2 is 1.90 bits per heavy atom. The average Bonchev–Trinajstić information content (AvgIpc) is 2.55. The molecular weight excluding hydrogens is 282 g/mol. The van der Waals surface area contributed by atoms with Crippen molar-refractivity contribution in [3.63, 3.8) is 0 Å². The number of nitrogens with one attached hydrogen (secondary N) is 1. The van der Waals surface area contributed by atoms with E-state index in [9.17, 15) is 0 Å². The lowest BCUT2D eigenvalue weighted by molar-refractivity contribution is 0.660. The van der Waals surface area contributed by atoms with Gasteiger partial charge in [-0.2, -0.15) is 0 Å². The highest BCUT2D eigenvalue weighted by Gasteiger charge is 2.17. The summed E-state index contributed by atoms with van der Waals surface area (Å²) in [5.41, 5.74) is 3.78. The normalized spacial score (nSPS) is 15.3. The SMILES string of the molecule is ClCC(Cc1ccccc1)Nc1ncnc2c1CCCC2. The van der Waals surface area contributed by atoms with Crippen molar-refractivity contribution in [2.75, 3.05) is 11.2 Å². The first-order valence-electron chi connectivity index (χ1n) is 7.56. The van der Waals surface area contributed by atoms with Crippen LogP contribution in [0.2, 0.25) is 0 Å². The van der Waals surface area contributed by atoms with E-state index in [2.05, 4.69) is 39.6 Å². The van der Waals surface area contributed by atoms with Gasteiger partial charge in [0.15, 0.2) is 0 Å². The van der Waals surface area contributed by atoms with Crippen LogP contribution in [0.25, 0.3) is 0 Å².